The molecule has 0 saturated carbocycles. The van der Waals surface area contributed by atoms with Gasteiger partial charge in [0.25, 0.3) is 0 Å². The third-order valence-electron chi connectivity index (χ3n) is 7.71. The Kier molecular flexibility index (Phi) is 33.5. The molecule has 0 rings (SSSR count). The predicted octanol–water partition coefficient (Wildman–Crippen LogP) is 8.35. The third-order valence-corrected chi connectivity index (χ3v) is 7.71. The molecule has 2 unspecified atom stereocenters. The van der Waals surface area contributed by atoms with E-state index in [0.717, 1.165) is 32.1 Å². The summed E-state index contributed by atoms with van der Waals surface area (Å²) in [7, 11) is 0. The molecule has 0 aromatic carbocycles. The van der Waals surface area contributed by atoms with E-state index in [4.69, 9.17) is 0 Å². The molecule has 36 heavy (non-hydrogen) atoms. The molecule has 0 aromatic rings. The van der Waals surface area contributed by atoms with Crippen molar-refractivity contribution in [1.82, 2.24) is 0 Å². The van der Waals surface area contributed by atoms with Gasteiger partial charge in [0, 0.05) is 0 Å². The summed E-state index contributed by atoms with van der Waals surface area (Å²) in [5.41, 5.74) is 0. The van der Waals surface area contributed by atoms with Gasteiger partial charge in [0.1, 0.15) is 0 Å². The minimum absolute atomic E-state index is 0. The van der Waals surface area contributed by atoms with Crippen molar-refractivity contribution in [2.75, 3.05) is 0 Å². The molecule has 0 saturated heterocycles. The Bertz CT molecular complexity index is 403. The van der Waals surface area contributed by atoms with E-state index < -0.39 is 11.9 Å². The predicted molar refractivity (Wildman–Crippen MR) is 155 cm³/mol. The molecule has 0 aromatic heterocycles. The smallest absolute Gasteiger partial charge is 0.851 e. The van der Waals surface area contributed by atoms with Gasteiger partial charge >= 0.3 is 37.7 Å². The van der Waals surface area contributed by atoms with Gasteiger partial charge < -0.3 is 15.3 Å². The van der Waals surface area contributed by atoms with Gasteiger partial charge in [-0.3, -0.25) is 0 Å². The van der Waals surface area contributed by atoms with Crippen molar-refractivity contribution in [2.24, 2.45) is 0 Å². The maximum Gasteiger partial charge on any atom is 2.00 e. The Balaban J connectivity index is 0. The third kappa shape index (κ3) is 28.2. The molecule has 0 aliphatic carbocycles. The Labute approximate surface area is 257 Å². The first-order valence-electron chi connectivity index (χ1n) is 16.1. The van der Waals surface area contributed by atoms with Crippen LogP contribution < -0.4 is 10.2 Å². The van der Waals surface area contributed by atoms with E-state index in [9.17, 15) is 15.3 Å². The number of hydrogen-bond acceptors (Lipinski definition) is 3. The quantitative estimate of drug-likeness (QED) is 0.0593. The zero-order valence-electron chi connectivity index (χ0n) is 24.8. The van der Waals surface area contributed by atoms with Crippen molar-refractivity contribution in [3.05, 3.63) is 0 Å². The molecule has 0 bridgehead atoms. The topological polar surface area (TPSA) is 66.3 Å². The van der Waals surface area contributed by atoms with Crippen molar-refractivity contribution in [1.29, 1.82) is 0 Å². The van der Waals surface area contributed by atoms with Crippen LogP contribution in [0, 0.1) is 0 Å². The minimum atomic E-state index is -2.27. The molecule has 0 amide bonds. The van der Waals surface area contributed by atoms with Gasteiger partial charge in [-0.2, -0.15) is 0 Å². The van der Waals surface area contributed by atoms with Crippen molar-refractivity contribution in [3.8, 4) is 0 Å². The second kappa shape index (κ2) is 30.7. The normalized spacial score (nSPS) is 13.9. The number of rotatable bonds is 29. The van der Waals surface area contributed by atoms with Gasteiger partial charge in [-0.25, -0.2) is 0 Å². The summed E-state index contributed by atoms with van der Waals surface area (Å²) >= 11 is 0. The largest absolute Gasteiger partial charge is 2.00 e. The molecule has 212 valence electrons. The molecule has 1 N–H and O–H groups in total. The molecule has 0 aliphatic heterocycles. The van der Waals surface area contributed by atoms with Crippen LogP contribution in [0.3, 0.4) is 0 Å². The number of unbranched alkanes of at least 4 members (excludes halogenated alkanes) is 24. The van der Waals surface area contributed by atoms with Crippen LogP contribution in [0.4, 0.5) is 0 Å². The molecule has 0 radical (unpaired) electrons. The van der Waals surface area contributed by atoms with Crippen LogP contribution >= 0.6 is 0 Å². The van der Waals surface area contributed by atoms with E-state index in [0.29, 0.717) is 12.8 Å². The van der Waals surface area contributed by atoms with E-state index in [1.807, 2.05) is 0 Å². The zero-order valence-corrected chi connectivity index (χ0v) is 27.1. The summed E-state index contributed by atoms with van der Waals surface area (Å²) in [6.07, 6.45) is 31.7. The van der Waals surface area contributed by atoms with Gasteiger partial charge in [0.15, 0.2) is 0 Å². The summed E-state index contributed by atoms with van der Waals surface area (Å²) in [4.78, 5) is 0. The zero-order chi connectivity index (χ0) is 25.9. The van der Waals surface area contributed by atoms with E-state index in [1.165, 1.54) is 128 Å². The first-order valence-corrected chi connectivity index (χ1v) is 16.1. The van der Waals surface area contributed by atoms with Gasteiger partial charge in [-0.05, 0) is 12.2 Å². The van der Waals surface area contributed by atoms with Crippen LogP contribution in [0.25, 0.3) is 0 Å². The molecule has 0 heterocycles. The van der Waals surface area contributed by atoms with Crippen molar-refractivity contribution in [3.63, 3.8) is 0 Å². The first-order chi connectivity index (χ1) is 17.0. The van der Waals surface area contributed by atoms with Crippen molar-refractivity contribution >= 4 is 37.7 Å². The van der Waals surface area contributed by atoms with Crippen LogP contribution in [0.1, 0.15) is 194 Å². The fraction of sp³-hybridized carbons (Fsp3) is 1.00. The first kappa shape index (κ1) is 39.3. The van der Waals surface area contributed by atoms with E-state index in [2.05, 4.69) is 13.8 Å². The van der Waals surface area contributed by atoms with Gasteiger partial charge in [0.2, 0.25) is 0 Å². The van der Waals surface area contributed by atoms with E-state index in [-0.39, 0.29) is 44.2 Å². The molecule has 4 heteroatoms. The fourth-order valence-electron chi connectivity index (χ4n) is 5.13. The van der Waals surface area contributed by atoms with Crippen molar-refractivity contribution in [2.45, 2.75) is 206 Å². The fourth-order valence-corrected chi connectivity index (χ4v) is 5.13. The average molecular weight is 537 g/mol. The Morgan fingerprint density at radius 3 is 1.03 bits per heavy atom. The van der Waals surface area contributed by atoms with Crippen LogP contribution in [-0.2, 0) is 0 Å². The maximum absolute atomic E-state index is 12.3. The van der Waals surface area contributed by atoms with Crippen molar-refractivity contribution < 1.29 is 15.3 Å². The molecular formula is C32H64CaO3. The van der Waals surface area contributed by atoms with Crippen LogP contribution in [0.2, 0.25) is 0 Å². The SMILES string of the molecule is CCCCCCCCCCCCCCCC([O-])C([O-])(O)CCCCCCCCCCCCCCC.[Ca+2]. The van der Waals surface area contributed by atoms with E-state index >= 15 is 0 Å². The second-order valence-electron chi connectivity index (χ2n) is 11.4. The monoisotopic (exact) mass is 536 g/mol. The average Bonchev–Trinajstić information content (AvgIpc) is 2.84. The maximum atomic E-state index is 12.3. The summed E-state index contributed by atoms with van der Waals surface area (Å²) in [5.74, 6) is -2.27. The molecule has 2 atom stereocenters. The molecule has 3 nitrogen and oxygen atoms in total. The Hall–Kier alpha value is 1.14. The molecule has 0 spiro atoms. The molecule has 0 fully saturated rings. The number of aliphatic hydroxyl groups is 1. The van der Waals surface area contributed by atoms with E-state index in [1.54, 1.807) is 0 Å². The summed E-state index contributed by atoms with van der Waals surface area (Å²) in [5, 5.41) is 34.6. The van der Waals surface area contributed by atoms with Gasteiger partial charge in [-0.15, -0.1) is 6.10 Å². The summed E-state index contributed by atoms with van der Waals surface area (Å²) < 4.78 is 0. The molecular weight excluding hydrogens is 472 g/mol. The summed E-state index contributed by atoms with van der Waals surface area (Å²) in [6.45, 7) is 4.52. The Morgan fingerprint density at radius 1 is 0.472 bits per heavy atom. The summed E-state index contributed by atoms with van der Waals surface area (Å²) in [6, 6.07) is 0. The van der Waals surface area contributed by atoms with Gasteiger partial charge in [-0.1, -0.05) is 187 Å². The Morgan fingerprint density at radius 2 is 0.722 bits per heavy atom. The second-order valence-corrected chi connectivity index (χ2v) is 11.4. The minimum Gasteiger partial charge on any atom is -0.851 e. The van der Waals surface area contributed by atoms with Gasteiger partial charge in [0.05, 0.1) is 0 Å². The standard InChI is InChI=1S/C32H64O3.Ca/c1-3-5-7-9-11-13-15-17-19-21-23-25-27-29-31(33)32(34,35)30-28-26-24-22-20-18-16-14-12-10-8-6-4-2;/h31,34H,3-30H2,1-2H3;/q-2;+2. The van der Waals surface area contributed by atoms with Crippen LogP contribution in [0.5, 0.6) is 0 Å². The number of hydrogen-bond donors (Lipinski definition) is 1. The van der Waals surface area contributed by atoms with Crippen LogP contribution in [0.15, 0.2) is 0 Å². The van der Waals surface area contributed by atoms with Crippen LogP contribution in [-0.4, -0.2) is 54.7 Å². The molecule has 0 aliphatic rings.